The number of hydrogen-bond acceptors (Lipinski definition) is 3. The van der Waals surface area contributed by atoms with Gasteiger partial charge >= 0.3 is 5.97 Å². The molecule has 3 heteroatoms. The first kappa shape index (κ1) is 19.4. The summed E-state index contributed by atoms with van der Waals surface area (Å²) in [6.45, 7) is 2.20. The molecule has 0 aromatic rings. The highest BCUT2D eigenvalue weighted by Gasteiger charge is 2.19. The van der Waals surface area contributed by atoms with Gasteiger partial charge in [-0.2, -0.15) is 0 Å². The van der Waals surface area contributed by atoms with E-state index in [2.05, 4.69) is 29.9 Å². The third-order valence-corrected chi connectivity index (χ3v) is 4.09. The van der Waals surface area contributed by atoms with Gasteiger partial charge in [-0.1, -0.05) is 50.5 Å². The molecule has 0 aromatic heterocycles. The van der Waals surface area contributed by atoms with Crippen LogP contribution in [0.2, 0.25) is 0 Å². The molecule has 0 amide bonds. The van der Waals surface area contributed by atoms with Gasteiger partial charge in [0, 0.05) is 17.9 Å². The molecule has 23 heavy (non-hydrogen) atoms. The molecule has 1 aliphatic rings. The molecule has 3 nitrogen and oxygen atoms in total. The van der Waals surface area contributed by atoms with Crippen molar-refractivity contribution in [2.75, 3.05) is 7.11 Å². The average Bonchev–Trinajstić information content (AvgIpc) is 2.90. The quantitative estimate of drug-likeness (QED) is 0.235. The summed E-state index contributed by atoms with van der Waals surface area (Å²) in [5, 5.41) is 0. The van der Waals surface area contributed by atoms with Gasteiger partial charge in [0.2, 0.25) is 0 Å². The second-order valence-electron chi connectivity index (χ2n) is 6.01. The summed E-state index contributed by atoms with van der Waals surface area (Å²) in [5.41, 5.74) is 0.907. The molecule has 1 rings (SSSR count). The fraction of sp³-hybridized carbons (Fsp3) is 0.600. The van der Waals surface area contributed by atoms with E-state index in [-0.39, 0.29) is 17.7 Å². The van der Waals surface area contributed by atoms with Gasteiger partial charge in [-0.25, -0.2) is 0 Å². The van der Waals surface area contributed by atoms with Gasteiger partial charge in [0.25, 0.3) is 0 Å². The second kappa shape index (κ2) is 11.9. The van der Waals surface area contributed by atoms with Gasteiger partial charge in [0.1, 0.15) is 0 Å². The Morgan fingerprint density at radius 3 is 2.70 bits per heavy atom. The van der Waals surface area contributed by atoms with Crippen LogP contribution in [0.4, 0.5) is 0 Å². The van der Waals surface area contributed by atoms with E-state index < -0.39 is 0 Å². The highest BCUT2D eigenvalue weighted by molar-refractivity contribution is 6.07. The maximum Gasteiger partial charge on any atom is 0.305 e. The summed E-state index contributed by atoms with van der Waals surface area (Å²) in [6.07, 6.45) is 19.1. The van der Waals surface area contributed by atoms with Crippen LogP contribution in [0.1, 0.15) is 64.7 Å². The molecule has 0 fully saturated rings. The molecule has 0 bridgehead atoms. The van der Waals surface area contributed by atoms with E-state index in [0.717, 1.165) is 37.7 Å². The minimum Gasteiger partial charge on any atom is -0.469 e. The Morgan fingerprint density at radius 1 is 1.17 bits per heavy atom. The van der Waals surface area contributed by atoms with Gasteiger partial charge in [-0.05, 0) is 38.2 Å². The van der Waals surface area contributed by atoms with E-state index in [0.29, 0.717) is 6.42 Å². The standard InChI is InChI=1S/C20H30O3/c1-3-4-5-6-9-12-17-15-16-19(21)18(17)13-10-7-8-11-14-20(22)23-2/h9,12-13,15-17H,3-8,10-11,14H2,1-2H3/b12-9+,18-13+/t17-/m0/s1. The van der Waals surface area contributed by atoms with Gasteiger partial charge in [-0.3, -0.25) is 9.59 Å². The molecule has 1 atom stereocenters. The van der Waals surface area contributed by atoms with Crippen molar-refractivity contribution in [3.8, 4) is 0 Å². The zero-order valence-electron chi connectivity index (χ0n) is 14.6. The van der Waals surface area contributed by atoms with Crippen LogP contribution in [0.5, 0.6) is 0 Å². The van der Waals surface area contributed by atoms with Gasteiger partial charge in [0.05, 0.1) is 7.11 Å². The lowest BCUT2D eigenvalue weighted by Crippen LogP contribution is -2.01. The molecule has 128 valence electrons. The van der Waals surface area contributed by atoms with Crippen molar-refractivity contribution in [2.45, 2.75) is 64.7 Å². The van der Waals surface area contributed by atoms with Crippen molar-refractivity contribution in [1.82, 2.24) is 0 Å². The van der Waals surface area contributed by atoms with Crippen molar-refractivity contribution >= 4 is 11.8 Å². The summed E-state index contributed by atoms with van der Waals surface area (Å²) >= 11 is 0. The minimum atomic E-state index is -0.146. The molecular weight excluding hydrogens is 288 g/mol. The van der Waals surface area contributed by atoms with Gasteiger partial charge in [0.15, 0.2) is 5.78 Å². The monoisotopic (exact) mass is 318 g/mol. The minimum absolute atomic E-state index is 0.141. The first-order valence-corrected chi connectivity index (χ1v) is 8.85. The van der Waals surface area contributed by atoms with E-state index in [1.165, 1.54) is 26.4 Å². The molecular formula is C20H30O3. The van der Waals surface area contributed by atoms with Crippen molar-refractivity contribution < 1.29 is 14.3 Å². The lowest BCUT2D eigenvalue weighted by molar-refractivity contribution is -0.140. The number of hydrogen-bond donors (Lipinski definition) is 0. The van der Waals surface area contributed by atoms with Crippen LogP contribution in [0.3, 0.4) is 0 Å². The number of carbonyl (C=O) groups is 2. The van der Waals surface area contributed by atoms with Crippen LogP contribution in [-0.4, -0.2) is 18.9 Å². The first-order chi connectivity index (χ1) is 11.2. The molecule has 0 radical (unpaired) electrons. The summed E-state index contributed by atoms with van der Waals surface area (Å²) in [6, 6.07) is 0. The topological polar surface area (TPSA) is 43.4 Å². The highest BCUT2D eigenvalue weighted by atomic mass is 16.5. The summed E-state index contributed by atoms with van der Waals surface area (Å²) in [4.78, 5) is 22.9. The molecule has 0 saturated carbocycles. The molecule has 0 N–H and O–H groups in total. The smallest absolute Gasteiger partial charge is 0.305 e. The maximum atomic E-state index is 11.9. The second-order valence-corrected chi connectivity index (χ2v) is 6.01. The Bertz CT molecular complexity index is 458. The molecule has 0 saturated heterocycles. The highest BCUT2D eigenvalue weighted by Crippen LogP contribution is 2.24. The van der Waals surface area contributed by atoms with Crippen LogP contribution < -0.4 is 0 Å². The van der Waals surface area contributed by atoms with E-state index in [1.807, 2.05) is 6.08 Å². The number of ether oxygens (including phenoxy) is 1. The lowest BCUT2D eigenvalue weighted by Gasteiger charge is -2.05. The lowest BCUT2D eigenvalue weighted by atomic mass is 9.98. The van der Waals surface area contributed by atoms with Crippen molar-refractivity contribution in [1.29, 1.82) is 0 Å². The molecule has 0 aliphatic heterocycles. The predicted octanol–water partition coefficient (Wildman–Crippen LogP) is 4.93. The number of methoxy groups -OCH3 is 1. The SMILES string of the molecule is CCCCC/C=C/[C@H]1C=CC(=O)/C1=C/CCCCCC(=O)OC. The van der Waals surface area contributed by atoms with E-state index in [1.54, 1.807) is 6.08 Å². The Balaban J connectivity index is 2.31. The van der Waals surface area contributed by atoms with Crippen molar-refractivity contribution in [3.05, 3.63) is 36.0 Å². The number of allylic oxidation sites excluding steroid dienone is 6. The van der Waals surface area contributed by atoms with Crippen molar-refractivity contribution in [3.63, 3.8) is 0 Å². The van der Waals surface area contributed by atoms with Crippen LogP contribution >= 0.6 is 0 Å². The molecule has 0 heterocycles. The summed E-state index contributed by atoms with van der Waals surface area (Å²) in [5.74, 6) is 0.147. The zero-order chi connectivity index (χ0) is 16.9. The predicted molar refractivity (Wildman–Crippen MR) is 94.1 cm³/mol. The average molecular weight is 318 g/mol. The third-order valence-electron chi connectivity index (χ3n) is 4.09. The van der Waals surface area contributed by atoms with Crippen LogP contribution in [0, 0.1) is 5.92 Å². The molecule has 1 aliphatic carbocycles. The molecule has 0 spiro atoms. The fourth-order valence-corrected chi connectivity index (χ4v) is 2.66. The molecule has 0 unspecified atom stereocenters. The Hall–Kier alpha value is -1.64. The number of carbonyl (C=O) groups excluding carboxylic acids is 2. The Kier molecular flexibility index (Phi) is 10.0. The maximum absolute atomic E-state index is 11.9. The zero-order valence-corrected chi connectivity index (χ0v) is 14.6. The number of esters is 1. The molecule has 0 aromatic carbocycles. The van der Waals surface area contributed by atoms with Crippen LogP contribution in [-0.2, 0) is 14.3 Å². The number of unbranched alkanes of at least 4 members (excludes halogenated alkanes) is 6. The number of rotatable bonds is 11. The van der Waals surface area contributed by atoms with Gasteiger partial charge < -0.3 is 4.74 Å². The van der Waals surface area contributed by atoms with Crippen LogP contribution in [0.15, 0.2) is 36.0 Å². The van der Waals surface area contributed by atoms with Gasteiger partial charge in [-0.15, -0.1) is 0 Å². The number of ketones is 1. The largest absolute Gasteiger partial charge is 0.469 e. The van der Waals surface area contributed by atoms with Crippen molar-refractivity contribution in [2.24, 2.45) is 5.92 Å². The Morgan fingerprint density at radius 2 is 1.96 bits per heavy atom. The van der Waals surface area contributed by atoms with E-state index in [9.17, 15) is 9.59 Å². The van der Waals surface area contributed by atoms with E-state index >= 15 is 0 Å². The first-order valence-electron chi connectivity index (χ1n) is 8.85. The Labute approximate surface area is 140 Å². The van der Waals surface area contributed by atoms with Crippen LogP contribution in [0.25, 0.3) is 0 Å². The normalized spacial score (nSPS) is 19.1. The van der Waals surface area contributed by atoms with E-state index in [4.69, 9.17) is 0 Å². The summed E-state index contributed by atoms with van der Waals surface area (Å²) < 4.78 is 4.62. The summed E-state index contributed by atoms with van der Waals surface area (Å²) in [7, 11) is 1.42. The third kappa shape index (κ3) is 7.96. The fourth-order valence-electron chi connectivity index (χ4n) is 2.66.